The highest BCUT2D eigenvalue weighted by molar-refractivity contribution is 6.01. The first-order valence-electron chi connectivity index (χ1n) is 15.5. The highest BCUT2D eigenvalue weighted by atomic mass is 19.1. The van der Waals surface area contributed by atoms with Crippen LogP contribution >= 0.6 is 0 Å². The molecular formula is C33H42FN5O6. The fourth-order valence-corrected chi connectivity index (χ4v) is 5.66. The Morgan fingerprint density at radius 2 is 1.71 bits per heavy atom. The lowest BCUT2D eigenvalue weighted by Gasteiger charge is -2.38. The molecule has 5 amide bonds. The summed E-state index contributed by atoms with van der Waals surface area (Å²) >= 11 is 0. The molecule has 1 aliphatic heterocycles. The van der Waals surface area contributed by atoms with Crippen LogP contribution in [0.5, 0.6) is 5.75 Å². The molecule has 12 heteroatoms. The van der Waals surface area contributed by atoms with Gasteiger partial charge in [0.05, 0.1) is 18.5 Å². The van der Waals surface area contributed by atoms with E-state index in [1.165, 1.54) is 18.2 Å². The lowest BCUT2D eigenvalue weighted by molar-refractivity contribution is -0.138. The van der Waals surface area contributed by atoms with Gasteiger partial charge in [-0.3, -0.25) is 24.0 Å². The van der Waals surface area contributed by atoms with E-state index in [9.17, 15) is 28.4 Å². The summed E-state index contributed by atoms with van der Waals surface area (Å²) in [6.07, 6.45) is 3.02. The summed E-state index contributed by atoms with van der Waals surface area (Å²) in [6, 6.07) is 10.2. The van der Waals surface area contributed by atoms with Crippen LogP contribution in [0.15, 0.2) is 48.5 Å². The first-order valence-corrected chi connectivity index (χ1v) is 15.5. The van der Waals surface area contributed by atoms with Gasteiger partial charge in [0.25, 0.3) is 5.91 Å². The lowest BCUT2D eigenvalue weighted by Crippen LogP contribution is -2.64. The molecule has 1 spiro atoms. The molecular weight excluding hydrogens is 581 g/mol. The van der Waals surface area contributed by atoms with Crippen LogP contribution in [0.1, 0.15) is 68.3 Å². The highest BCUT2D eigenvalue weighted by Gasteiger charge is 2.43. The van der Waals surface area contributed by atoms with Gasteiger partial charge in [-0.1, -0.05) is 57.4 Å². The lowest BCUT2D eigenvalue weighted by atomic mass is 9.80. The number of hydrogen-bond donors (Lipinski definition) is 5. The van der Waals surface area contributed by atoms with E-state index in [0.717, 1.165) is 12.0 Å². The van der Waals surface area contributed by atoms with Crippen molar-refractivity contribution in [2.24, 2.45) is 5.92 Å². The van der Waals surface area contributed by atoms with Crippen molar-refractivity contribution in [2.45, 2.75) is 76.4 Å². The van der Waals surface area contributed by atoms with Crippen molar-refractivity contribution in [3.63, 3.8) is 0 Å². The topological polar surface area (TPSA) is 155 Å². The third kappa shape index (κ3) is 9.02. The summed E-state index contributed by atoms with van der Waals surface area (Å²) in [7, 11) is 0. The normalized spacial score (nSPS) is 21.3. The number of carbonyl (C=O) groups excluding carboxylic acids is 5. The molecule has 1 saturated carbocycles. The molecule has 0 saturated heterocycles. The fraction of sp³-hybridized carbons (Fsp3) is 0.485. The van der Waals surface area contributed by atoms with Crippen LogP contribution < -0.4 is 31.3 Å². The van der Waals surface area contributed by atoms with Gasteiger partial charge in [0.1, 0.15) is 35.8 Å². The standard InChI is InChI=1S/C33H42FN5O6/c1-21(2)28-31(43)36-18-19-45-26-9-5-4-8-24(26)29(41)37-25(30(42)35-17-14-22-10-12-23(34)13-11-22)20-27(40)39-33(32(44)38-28)15-6-3-7-16-33/h4-5,8-13,21,25,28H,3,6-7,14-20H2,1-2H3,(H,35,42)(H,36,43)(H,37,41)(H,38,44)(H,39,40)/t25-,28+/m0/s1. The maximum atomic E-state index is 13.8. The zero-order chi connectivity index (χ0) is 32.4. The van der Waals surface area contributed by atoms with Gasteiger partial charge in [0, 0.05) is 6.54 Å². The van der Waals surface area contributed by atoms with Gasteiger partial charge in [-0.25, -0.2) is 4.39 Å². The molecule has 2 aromatic rings. The Morgan fingerprint density at radius 3 is 2.42 bits per heavy atom. The van der Waals surface area contributed by atoms with Crippen molar-refractivity contribution in [1.29, 1.82) is 0 Å². The molecule has 1 heterocycles. The van der Waals surface area contributed by atoms with Gasteiger partial charge in [-0.2, -0.15) is 0 Å². The second-order valence-electron chi connectivity index (χ2n) is 11.9. The van der Waals surface area contributed by atoms with Crippen molar-refractivity contribution in [1.82, 2.24) is 26.6 Å². The summed E-state index contributed by atoms with van der Waals surface area (Å²) in [4.78, 5) is 67.3. The number of hydrogen-bond acceptors (Lipinski definition) is 6. The average molecular weight is 624 g/mol. The molecule has 2 aromatic carbocycles. The van der Waals surface area contributed by atoms with Crippen molar-refractivity contribution in [2.75, 3.05) is 19.7 Å². The maximum Gasteiger partial charge on any atom is 0.255 e. The highest BCUT2D eigenvalue weighted by Crippen LogP contribution is 2.29. The van der Waals surface area contributed by atoms with Gasteiger partial charge >= 0.3 is 0 Å². The first kappa shape index (κ1) is 33.4. The molecule has 45 heavy (non-hydrogen) atoms. The van der Waals surface area contributed by atoms with E-state index >= 15 is 0 Å². The summed E-state index contributed by atoms with van der Waals surface area (Å²) in [6.45, 7) is 3.99. The fourth-order valence-electron chi connectivity index (χ4n) is 5.66. The minimum absolute atomic E-state index is 0.0477. The summed E-state index contributed by atoms with van der Waals surface area (Å²) in [5.41, 5.74) is -0.310. The number of carbonyl (C=O) groups is 5. The van der Waals surface area contributed by atoms with Crippen LogP contribution in [-0.2, 0) is 25.6 Å². The SMILES string of the molecule is CC(C)[C@H]1NC(=O)C2(CCCCC2)NC(=O)C[C@@H](C(=O)NCCc2ccc(F)cc2)NC(=O)c2ccccc2OCCNC1=O. The number of benzene rings is 2. The van der Waals surface area contributed by atoms with Crippen molar-refractivity contribution in [3.05, 3.63) is 65.5 Å². The molecule has 1 fully saturated rings. The number of para-hydroxylation sites is 1. The van der Waals surface area contributed by atoms with E-state index in [1.54, 1.807) is 30.3 Å². The number of halogens is 1. The molecule has 242 valence electrons. The molecule has 0 aromatic heterocycles. The van der Waals surface area contributed by atoms with Gasteiger partial charge in [0.2, 0.25) is 23.6 Å². The van der Waals surface area contributed by atoms with E-state index in [0.29, 0.717) is 32.1 Å². The summed E-state index contributed by atoms with van der Waals surface area (Å²) < 4.78 is 19.1. The van der Waals surface area contributed by atoms with E-state index in [-0.39, 0.29) is 48.7 Å². The van der Waals surface area contributed by atoms with Crippen LogP contribution in [0.25, 0.3) is 0 Å². The predicted molar refractivity (Wildman–Crippen MR) is 165 cm³/mol. The van der Waals surface area contributed by atoms with Crippen LogP contribution in [0.3, 0.4) is 0 Å². The zero-order valence-corrected chi connectivity index (χ0v) is 25.7. The van der Waals surface area contributed by atoms with Crippen molar-refractivity contribution >= 4 is 29.5 Å². The molecule has 11 nitrogen and oxygen atoms in total. The molecule has 5 N–H and O–H groups in total. The monoisotopic (exact) mass is 623 g/mol. The van der Waals surface area contributed by atoms with Crippen molar-refractivity contribution in [3.8, 4) is 5.75 Å². The summed E-state index contributed by atoms with van der Waals surface area (Å²) in [5.74, 6) is -3.01. The minimum atomic E-state index is -1.27. The van der Waals surface area contributed by atoms with Gasteiger partial charge < -0.3 is 31.3 Å². The Morgan fingerprint density at radius 1 is 1.00 bits per heavy atom. The predicted octanol–water partition coefficient (Wildman–Crippen LogP) is 2.14. The van der Waals surface area contributed by atoms with Gasteiger partial charge in [-0.15, -0.1) is 0 Å². The number of fused-ring (bicyclic) bond motifs is 1. The summed E-state index contributed by atoms with van der Waals surface area (Å²) in [5, 5.41) is 14.0. The number of rotatable bonds is 5. The number of amides is 5. The minimum Gasteiger partial charge on any atom is -0.491 e. The molecule has 0 unspecified atom stereocenters. The second-order valence-corrected chi connectivity index (χ2v) is 11.9. The molecule has 4 rings (SSSR count). The van der Waals surface area contributed by atoms with Crippen LogP contribution in [0, 0.1) is 11.7 Å². The Labute approximate surface area is 262 Å². The van der Waals surface area contributed by atoms with E-state index in [2.05, 4.69) is 26.6 Å². The van der Waals surface area contributed by atoms with E-state index in [4.69, 9.17) is 4.74 Å². The largest absolute Gasteiger partial charge is 0.491 e. The smallest absolute Gasteiger partial charge is 0.255 e. The zero-order valence-electron chi connectivity index (χ0n) is 25.7. The van der Waals surface area contributed by atoms with E-state index < -0.39 is 47.7 Å². The average Bonchev–Trinajstić information content (AvgIpc) is 3.02. The molecule has 0 bridgehead atoms. The second kappa shape index (κ2) is 15.5. The van der Waals surface area contributed by atoms with E-state index in [1.807, 2.05) is 13.8 Å². The molecule has 2 atom stereocenters. The maximum absolute atomic E-state index is 13.8. The Kier molecular flexibility index (Phi) is 11.5. The quantitative estimate of drug-likeness (QED) is 0.344. The van der Waals surface area contributed by atoms with Gasteiger partial charge in [0.15, 0.2) is 0 Å². The third-order valence-corrected chi connectivity index (χ3v) is 8.18. The Hall–Kier alpha value is -4.48. The van der Waals surface area contributed by atoms with Crippen LogP contribution in [-0.4, -0.2) is 66.9 Å². The molecule has 2 aliphatic rings. The Balaban J connectivity index is 1.60. The Bertz CT molecular complexity index is 1380. The third-order valence-electron chi connectivity index (χ3n) is 8.18. The van der Waals surface area contributed by atoms with Crippen LogP contribution in [0.4, 0.5) is 4.39 Å². The van der Waals surface area contributed by atoms with Gasteiger partial charge in [-0.05, 0) is 55.0 Å². The first-order chi connectivity index (χ1) is 21.6. The number of nitrogens with one attached hydrogen (secondary N) is 5. The number of ether oxygens (including phenoxy) is 1. The van der Waals surface area contributed by atoms with Crippen molar-refractivity contribution < 1.29 is 33.1 Å². The van der Waals surface area contributed by atoms with Crippen LogP contribution in [0.2, 0.25) is 0 Å². The molecule has 1 aliphatic carbocycles. The molecule has 0 radical (unpaired) electrons.